The van der Waals surface area contributed by atoms with Crippen molar-refractivity contribution in [3.8, 4) is 0 Å². The summed E-state index contributed by atoms with van der Waals surface area (Å²) < 4.78 is 5.40. The minimum Gasteiger partial charge on any atom is -0.381 e. The standard InChI is InChI=1S/C14H22N2O/c1-3-16(2)11-13-5-4-6-14(15-13)12-7-9-17-10-8-12/h4-6,12H,3,7-11H2,1-2H3. The van der Waals surface area contributed by atoms with Gasteiger partial charge in [0.25, 0.3) is 0 Å². The van der Waals surface area contributed by atoms with Crippen molar-refractivity contribution in [2.24, 2.45) is 0 Å². The number of ether oxygens (including phenoxy) is 1. The van der Waals surface area contributed by atoms with Gasteiger partial charge < -0.3 is 9.64 Å². The van der Waals surface area contributed by atoms with Crippen LogP contribution in [0.4, 0.5) is 0 Å². The summed E-state index contributed by atoms with van der Waals surface area (Å²) >= 11 is 0. The van der Waals surface area contributed by atoms with Crippen LogP contribution in [0, 0.1) is 0 Å². The second kappa shape index (κ2) is 6.12. The first kappa shape index (κ1) is 12.5. The van der Waals surface area contributed by atoms with Gasteiger partial charge in [-0.3, -0.25) is 4.98 Å². The van der Waals surface area contributed by atoms with Crippen LogP contribution < -0.4 is 0 Å². The van der Waals surface area contributed by atoms with Gasteiger partial charge in [-0.2, -0.15) is 0 Å². The number of nitrogens with zero attached hydrogens (tertiary/aromatic N) is 2. The van der Waals surface area contributed by atoms with Crippen LogP contribution >= 0.6 is 0 Å². The molecule has 0 unspecified atom stereocenters. The first-order valence-electron chi connectivity index (χ1n) is 6.51. The summed E-state index contributed by atoms with van der Waals surface area (Å²) in [5, 5.41) is 0. The summed E-state index contributed by atoms with van der Waals surface area (Å²) in [5.74, 6) is 0.593. The van der Waals surface area contributed by atoms with Gasteiger partial charge >= 0.3 is 0 Å². The molecule has 0 amide bonds. The number of pyridine rings is 1. The van der Waals surface area contributed by atoms with Gasteiger partial charge in [0.1, 0.15) is 0 Å². The minimum atomic E-state index is 0.593. The zero-order chi connectivity index (χ0) is 12.1. The van der Waals surface area contributed by atoms with E-state index < -0.39 is 0 Å². The van der Waals surface area contributed by atoms with Crippen LogP contribution in [-0.2, 0) is 11.3 Å². The molecule has 0 spiro atoms. The van der Waals surface area contributed by atoms with E-state index in [4.69, 9.17) is 9.72 Å². The Labute approximate surface area is 104 Å². The van der Waals surface area contributed by atoms with Crippen LogP contribution in [0.1, 0.15) is 37.1 Å². The number of hydrogen-bond donors (Lipinski definition) is 0. The zero-order valence-electron chi connectivity index (χ0n) is 10.9. The fourth-order valence-corrected chi connectivity index (χ4v) is 2.20. The lowest BCUT2D eigenvalue weighted by atomic mass is 9.96. The molecular formula is C14H22N2O. The summed E-state index contributed by atoms with van der Waals surface area (Å²) in [5.41, 5.74) is 2.42. The predicted molar refractivity (Wildman–Crippen MR) is 69.0 cm³/mol. The highest BCUT2D eigenvalue weighted by molar-refractivity contribution is 5.15. The topological polar surface area (TPSA) is 25.4 Å². The highest BCUT2D eigenvalue weighted by Crippen LogP contribution is 2.25. The van der Waals surface area contributed by atoms with Gasteiger partial charge in [-0.05, 0) is 38.6 Å². The van der Waals surface area contributed by atoms with Crippen LogP contribution in [0.15, 0.2) is 18.2 Å². The van der Waals surface area contributed by atoms with E-state index in [1.54, 1.807) is 0 Å². The second-order valence-corrected chi connectivity index (χ2v) is 4.77. The van der Waals surface area contributed by atoms with Crippen LogP contribution in [0.3, 0.4) is 0 Å². The van der Waals surface area contributed by atoms with Gasteiger partial charge in [-0.1, -0.05) is 13.0 Å². The molecule has 1 aliphatic rings. The summed E-state index contributed by atoms with van der Waals surface area (Å²) in [6.45, 7) is 5.93. The zero-order valence-corrected chi connectivity index (χ0v) is 10.9. The summed E-state index contributed by atoms with van der Waals surface area (Å²) in [6, 6.07) is 6.41. The summed E-state index contributed by atoms with van der Waals surface area (Å²) in [7, 11) is 2.13. The largest absolute Gasteiger partial charge is 0.381 e. The Morgan fingerprint density at radius 1 is 1.35 bits per heavy atom. The fraction of sp³-hybridized carbons (Fsp3) is 0.643. The monoisotopic (exact) mass is 234 g/mol. The number of rotatable bonds is 4. The quantitative estimate of drug-likeness (QED) is 0.800. The van der Waals surface area contributed by atoms with Crippen LogP contribution in [0.25, 0.3) is 0 Å². The summed E-state index contributed by atoms with van der Waals surface area (Å²) in [6.07, 6.45) is 2.22. The molecule has 1 aliphatic heterocycles. The Balaban J connectivity index is 2.05. The smallest absolute Gasteiger partial charge is 0.0547 e. The van der Waals surface area contributed by atoms with Gasteiger partial charge in [0.2, 0.25) is 0 Å². The van der Waals surface area contributed by atoms with Crippen molar-refractivity contribution >= 4 is 0 Å². The minimum absolute atomic E-state index is 0.593. The molecule has 2 rings (SSSR count). The fourth-order valence-electron chi connectivity index (χ4n) is 2.20. The molecule has 0 bridgehead atoms. The molecule has 94 valence electrons. The summed E-state index contributed by atoms with van der Waals surface area (Å²) in [4.78, 5) is 7.06. The molecule has 3 heteroatoms. The highest BCUT2D eigenvalue weighted by atomic mass is 16.5. The Bertz CT molecular complexity index is 348. The third kappa shape index (κ3) is 3.51. The maximum Gasteiger partial charge on any atom is 0.0547 e. The van der Waals surface area contributed by atoms with E-state index >= 15 is 0 Å². The van der Waals surface area contributed by atoms with Crippen molar-refractivity contribution in [3.05, 3.63) is 29.6 Å². The first-order valence-corrected chi connectivity index (χ1v) is 6.51. The molecule has 1 fully saturated rings. The lowest BCUT2D eigenvalue weighted by molar-refractivity contribution is 0.0844. The Hall–Kier alpha value is -0.930. The third-order valence-electron chi connectivity index (χ3n) is 3.44. The molecule has 0 aromatic carbocycles. The molecule has 0 saturated carbocycles. The van der Waals surface area contributed by atoms with E-state index in [0.717, 1.165) is 39.1 Å². The first-order chi connectivity index (χ1) is 8.29. The SMILES string of the molecule is CCN(C)Cc1cccc(C2CCOCC2)n1. The van der Waals surface area contributed by atoms with E-state index in [-0.39, 0.29) is 0 Å². The van der Waals surface area contributed by atoms with Gasteiger partial charge in [0.15, 0.2) is 0 Å². The molecule has 0 aliphatic carbocycles. The van der Waals surface area contributed by atoms with E-state index in [9.17, 15) is 0 Å². The molecule has 1 aromatic rings. The molecular weight excluding hydrogens is 212 g/mol. The van der Waals surface area contributed by atoms with Crippen molar-refractivity contribution in [3.63, 3.8) is 0 Å². The van der Waals surface area contributed by atoms with Gasteiger partial charge in [-0.25, -0.2) is 0 Å². The average molecular weight is 234 g/mol. The number of aromatic nitrogens is 1. The average Bonchev–Trinajstić information content (AvgIpc) is 2.40. The van der Waals surface area contributed by atoms with E-state index in [1.165, 1.54) is 11.4 Å². The third-order valence-corrected chi connectivity index (χ3v) is 3.44. The van der Waals surface area contributed by atoms with Crippen molar-refractivity contribution in [2.45, 2.75) is 32.2 Å². The molecule has 1 saturated heterocycles. The normalized spacial score (nSPS) is 17.6. The lowest BCUT2D eigenvalue weighted by Crippen LogP contribution is -2.19. The molecule has 0 atom stereocenters. The second-order valence-electron chi connectivity index (χ2n) is 4.77. The van der Waals surface area contributed by atoms with E-state index in [1.807, 2.05) is 0 Å². The van der Waals surface area contributed by atoms with E-state index in [0.29, 0.717) is 5.92 Å². The maximum absolute atomic E-state index is 5.40. The van der Waals surface area contributed by atoms with Gasteiger partial charge in [-0.15, -0.1) is 0 Å². The molecule has 2 heterocycles. The van der Waals surface area contributed by atoms with Crippen molar-refractivity contribution in [1.82, 2.24) is 9.88 Å². The Morgan fingerprint density at radius 2 is 2.12 bits per heavy atom. The van der Waals surface area contributed by atoms with Crippen LogP contribution in [0.2, 0.25) is 0 Å². The molecule has 0 radical (unpaired) electrons. The van der Waals surface area contributed by atoms with Crippen molar-refractivity contribution in [1.29, 1.82) is 0 Å². The van der Waals surface area contributed by atoms with Crippen molar-refractivity contribution < 1.29 is 4.74 Å². The Morgan fingerprint density at radius 3 is 2.82 bits per heavy atom. The Kier molecular flexibility index (Phi) is 4.51. The molecule has 3 nitrogen and oxygen atoms in total. The predicted octanol–water partition coefficient (Wildman–Crippen LogP) is 2.43. The van der Waals surface area contributed by atoms with Crippen LogP contribution in [-0.4, -0.2) is 36.7 Å². The number of hydrogen-bond acceptors (Lipinski definition) is 3. The van der Waals surface area contributed by atoms with Crippen molar-refractivity contribution in [2.75, 3.05) is 26.8 Å². The molecule has 0 N–H and O–H groups in total. The molecule has 1 aromatic heterocycles. The van der Waals surface area contributed by atoms with E-state index in [2.05, 4.69) is 37.1 Å². The van der Waals surface area contributed by atoms with Gasteiger partial charge in [0, 0.05) is 31.4 Å². The van der Waals surface area contributed by atoms with Crippen LogP contribution in [0.5, 0.6) is 0 Å². The maximum atomic E-state index is 5.40. The van der Waals surface area contributed by atoms with Gasteiger partial charge in [0.05, 0.1) is 5.69 Å². The lowest BCUT2D eigenvalue weighted by Gasteiger charge is -2.22. The molecule has 17 heavy (non-hydrogen) atoms. The highest BCUT2D eigenvalue weighted by Gasteiger charge is 2.17.